The van der Waals surface area contributed by atoms with E-state index < -0.39 is 5.91 Å². The average molecular weight is 490 g/mol. The molecule has 0 bridgehead atoms. The maximum Gasteiger partial charge on any atom is 0.270 e. The number of carbonyl (C=O) groups excluding carboxylic acids is 2. The van der Waals surface area contributed by atoms with Crippen molar-refractivity contribution >= 4 is 63.3 Å². The van der Waals surface area contributed by atoms with Crippen molar-refractivity contribution in [2.45, 2.75) is 0 Å². The first-order chi connectivity index (χ1) is 12.0. The fraction of sp³-hybridized carbons (Fsp3) is 0.0625. The fourth-order valence-corrected chi connectivity index (χ4v) is 2.62. The van der Waals surface area contributed by atoms with Crippen LogP contribution in [0.15, 0.2) is 48.5 Å². The van der Waals surface area contributed by atoms with Gasteiger partial charge in [-0.15, -0.1) is 0 Å². The third kappa shape index (κ3) is 6.48. The maximum absolute atomic E-state index is 12.0. The summed E-state index contributed by atoms with van der Waals surface area (Å²) in [5, 5.41) is 2.93. The summed E-state index contributed by atoms with van der Waals surface area (Å²) >= 11 is 12.8. The number of hydrogen-bond donors (Lipinski definition) is 3. The van der Waals surface area contributed by atoms with Crippen LogP contribution in [0.3, 0.4) is 0 Å². The Hall–Kier alpha value is -1.91. The summed E-state index contributed by atoms with van der Waals surface area (Å²) in [5.74, 6) is -0.319. The Kier molecular flexibility index (Phi) is 7.41. The summed E-state index contributed by atoms with van der Waals surface area (Å²) in [6.07, 6.45) is 0. The molecule has 0 spiro atoms. The zero-order valence-electron chi connectivity index (χ0n) is 12.7. The number of thiocarbonyl (C=S) groups is 1. The SMILES string of the molecule is O=C(COc1ccc(Cl)cc1)NC(=S)NNC(=O)c1ccccc1I. The van der Waals surface area contributed by atoms with E-state index in [1.165, 1.54) is 0 Å². The van der Waals surface area contributed by atoms with Gasteiger partial charge in [-0.05, 0) is 71.2 Å². The highest BCUT2D eigenvalue weighted by Crippen LogP contribution is 2.15. The van der Waals surface area contributed by atoms with Gasteiger partial charge in [0.2, 0.25) is 0 Å². The van der Waals surface area contributed by atoms with Crippen LogP contribution in [0.25, 0.3) is 0 Å². The lowest BCUT2D eigenvalue weighted by Gasteiger charge is -2.12. The van der Waals surface area contributed by atoms with Crippen LogP contribution in [-0.4, -0.2) is 23.5 Å². The summed E-state index contributed by atoms with van der Waals surface area (Å²) in [4.78, 5) is 23.8. The summed E-state index contributed by atoms with van der Waals surface area (Å²) in [6.45, 7) is -0.228. The highest BCUT2D eigenvalue weighted by Gasteiger charge is 2.10. The highest BCUT2D eigenvalue weighted by molar-refractivity contribution is 14.1. The highest BCUT2D eigenvalue weighted by atomic mass is 127. The summed E-state index contributed by atoms with van der Waals surface area (Å²) in [7, 11) is 0. The van der Waals surface area contributed by atoms with Crippen LogP contribution in [0.5, 0.6) is 5.75 Å². The van der Waals surface area contributed by atoms with E-state index in [2.05, 4.69) is 38.8 Å². The zero-order valence-corrected chi connectivity index (χ0v) is 16.4. The minimum absolute atomic E-state index is 0.0380. The van der Waals surface area contributed by atoms with Gasteiger partial charge in [-0.2, -0.15) is 0 Å². The molecule has 0 radical (unpaired) electrons. The largest absolute Gasteiger partial charge is 0.484 e. The summed E-state index contributed by atoms with van der Waals surface area (Å²) < 4.78 is 6.08. The van der Waals surface area contributed by atoms with Crippen molar-refractivity contribution < 1.29 is 14.3 Å². The van der Waals surface area contributed by atoms with E-state index in [1.807, 2.05) is 12.1 Å². The molecule has 130 valence electrons. The van der Waals surface area contributed by atoms with Crippen molar-refractivity contribution in [1.29, 1.82) is 0 Å². The first kappa shape index (κ1) is 19.4. The number of halogens is 2. The Morgan fingerprint density at radius 3 is 2.44 bits per heavy atom. The predicted octanol–water partition coefficient (Wildman–Crippen LogP) is 2.66. The third-order valence-electron chi connectivity index (χ3n) is 2.84. The van der Waals surface area contributed by atoms with Crippen molar-refractivity contribution in [2.24, 2.45) is 0 Å². The molecule has 25 heavy (non-hydrogen) atoms. The first-order valence-electron chi connectivity index (χ1n) is 6.99. The molecule has 0 fully saturated rings. The van der Waals surface area contributed by atoms with E-state index in [0.717, 1.165) is 3.57 Å². The lowest BCUT2D eigenvalue weighted by molar-refractivity contribution is -0.121. The number of hydrogen-bond acceptors (Lipinski definition) is 4. The van der Waals surface area contributed by atoms with E-state index in [0.29, 0.717) is 16.3 Å². The van der Waals surface area contributed by atoms with Crippen LogP contribution in [0, 0.1) is 3.57 Å². The van der Waals surface area contributed by atoms with Gasteiger partial charge in [0.05, 0.1) is 5.56 Å². The zero-order chi connectivity index (χ0) is 18.2. The van der Waals surface area contributed by atoms with Crippen LogP contribution >= 0.6 is 46.4 Å². The Balaban J connectivity index is 1.74. The second-order valence-corrected chi connectivity index (χ2v) is 6.69. The molecule has 2 aromatic rings. The van der Waals surface area contributed by atoms with E-state index in [4.69, 9.17) is 28.6 Å². The van der Waals surface area contributed by atoms with Crippen molar-refractivity contribution in [3.8, 4) is 5.75 Å². The smallest absolute Gasteiger partial charge is 0.270 e. The molecular weight excluding hydrogens is 477 g/mol. The molecule has 0 aliphatic heterocycles. The second kappa shape index (κ2) is 9.54. The predicted molar refractivity (Wildman–Crippen MR) is 107 cm³/mol. The van der Waals surface area contributed by atoms with Gasteiger partial charge in [0.25, 0.3) is 11.8 Å². The number of amides is 2. The van der Waals surface area contributed by atoms with Crippen LogP contribution in [0.2, 0.25) is 5.02 Å². The fourth-order valence-electron chi connectivity index (χ4n) is 1.70. The molecule has 2 rings (SSSR count). The molecule has 2 amide bonds. The Labute approximate surface area is 168 Å². The van der Waals surface area contributed by atoms with Crippen LogP contribution < -0.4 is 20.9 Å². The van der Waals surface area contributed by atoms with Gasteiger partial charge in [-0.3, -0.25) is 25.8 Å². The standard InChI is InChI=1S/C16H13ClIN3O3S/c17-10-5-7-11(8-6-10)24-9-14(22)19-16(25)21-20-15(23)12-3-1-2-4-13(12)18/h1-8H,9H2,(H,20,23)(H2,19,21,22,25). The van der Waals surface area contributed by atoms with Crippen LogP contribution in [0.1, 0.15) is 10.4 Å². The molecule has 0 aliphatic carbocycles. The van der Waals surface area contributed by atoms with Crippen LogP contribution in [0.4, 0.5) is 0 Å². The minimum atomic E-state index is -0.462. The first-order valence-corrected chi connectivity index (χ1v) is 8.85. The van der Waals surface area contributed by atoms with E-state index in [9.17, 15) is 9.59 Å². The molecule has 3 N–H and O–H groups in total. The van der Waals surface area contributed by atoms with Gasteiger partial charge >= 0.3 is 0 Å². The monoisotopic (exact) mass is 489 g/mol. The van der Waals surface area contributed by atoms with Crippen molar-refractivity contribution in [1.82, 2.24) is 16.2 Å². The van der Waals surface area contributed by atoms with Crippen LogP contribution in [-0.2, 0) is 4.79 Å². The van der Waals surface area contributed by atoms with Gasteiger partial charge < -0.3 is 4.74 Å². The summed E-state index contributed by atoms with van der Waals surface area (Å²) in [6, 6.07) is 13.7. The third-order valence-corrected chi connectivity index (χ3v) is 4.24. The molecule has 0 unspecified atom stereocenters. The molecule has 0 saturated carbocycles. The number of carbonyl (C=O) groups is 2. The molecule has 0 heterocycles. The Morgan fingerprint density at radius 2 is 1.76 bits per heavy atom. The van der Waals surface area contributed by atoms with Crippen molar-refractivity contribution in [3.63, 3.8) is 0 Å². The van der Waals surface area contributed by atoms with Gasteiger partial charge in [0.1, 0.15) is 5.75 Å². The molecule has 0 saturated heterocycles. The van der Waals surface area contributed by atoms with Gasteiger partial charge in [0, 0.05) is 8.59 Å². The van der Waals surface area contributed by atoms with Crippen molar-refractivity contribution in [3.05, 3.63) is 62.7 Å². The average Bonchev–Trinajstić information content (AvgIpc) is 2.59. The van der Waals surface area contributed by atoms with Gasteiger partial charge in [-0.25, -0.2) is 0 Å². The lowest BCUT2D eigenvalue weighted by atomic mass is 10.2. The molecule has 6 nitrogen and oxygen atoms in total. The molecule has 0 atom stereocenters. The molecule has 9 heteroatoms. The number of rotatable bonds is 4. The van der Waals surface area contributed by atoms with Gasteiger partial charge in [0.15, 0.2) is 11.7 Å². The number of hydrazine groups is 1. The maximum atomic E-state index is 12.0. The van der Waals surface area contributed by atoms with E-state index in [-0.39, 0.29) is 17.6 Å². The van der Waals surface area contributed by atoms with E-state index >= 15 is 0 Å². The molecule has 0 aromatic heterocycles. The number of nitrogens with one attached hydrogen (secondary N) is 3. The summed E-state index contributed by atoms with van der Waals surface area (Å²) in [5.41, 5.74) is 5.38. The molecule has 0 aliphatic rings. The number of ether oxygens (including phenoxy) is 1. The lowest BCUT2D eigenvalue weighted by Crippen LogP contribution is -2.49. The quantitative estimate of drug-likeness (QED) is 0.350. The van der Waals surface area contributed by atoms with Crippen molar-refractivity contribution in [2.75, 3.05) is 6.61 Å². The topological polar surface area (TPSA) is 79.5 Å². The second-order valence-electron chi connectivity index (χ2n) is 4.68. The Bertz CT molecular complexity index is 786. The minimum Gasteiger partial charge on any atom is -0.484 e. The molecular formula is C16H13ClIN3O3S. The van der Waals surface area contributed by atoms with E-state index in [1.54, 1.807) is 36.4 Å². The normalized spacial score (nSPS) is 9.84. The van der Waals surface area contributed by atoms with Gasteiger partial charge in [-0.1, -0.05) is 23.7 Å². The molecule has 2 aromatic carbocycles. The Morgan fingerprint density at radius 1 is 1.08 bits per heavy atom. The number of benzene rings is 2.